The second-order valence-electron chi connectivity index (χ2n) is 8.57. The number of ketones is 1. The number of halogens is 5. The fraction of sp³-hybridized carbons (Fsp3) is 0.409. The van der Waals surface area contributed by atoms with Crippen molar-refractivity contribution in [2.75, 3.05) is 6.61 Å². The number of aliphatic imine (C=N–C) groups is 1. The van der Waals surface area contributed by atoms with Crippen LogP contribution in [0.4, 0.5) is 17.6 Å². The second-order valence-corrected chi connectivity index (χ2v) is 8.98. The van der Waals surface area contributed by atoms with E-state index in [4.69, 9.17) is 22.1 Å². The monoisotopic (exact) mass is 471 g/mol. The van der Waals surface area contributed by atoms with Crippen molar-refractivity contribution < 1.29 is 27.1 Å². The lowest BCUT2D eigenvalue weighted by Crippen LogP contribution is -2.33. The van der Waals surface area contributed by atoms with Crippen molar-refractivity contribution in [1.29, 1.82) is 0 Å². The molecule has 1 atom stereocenters. The molecule has 5 nitrogen and oxygen atoms in total. The molecule has 0 saturated heterocycles. The molecule has 2 aromatic rings. The topological polar surface area (TPSA) is 77.6 Å². The molecular formula is C22H22ClF4N3O2. The zero-order chi connectivity index (χ0) is 23.9. The molecular weight excluding hydrogens is 450 g/mol. The molecule has 0 unspecified atom stereocenters. The highest BCUT2D eigenvalue weighted by Crippen LogP contribution is 2.39. The van der Waals surface area contributed by atoms with Crippen molar-refractivity contribution >= 4 is 23.2 Å². The van der Waals surface area contributed by atoms with Crippen molar-refractivity contribution in [1.82, 2.24) is 4.98 Å². The minimum atomic E-state index is -4.63. The molecule has 10 heteroatoms. The summed E-state index contributed by atoms with van der Waals surface area (Å²) in [6, 6.07) is 4.80. The molecule has 0 spiro atoms. The summed E-state index contributed by atoms with van der Waals surface area (Å²) < 4.78 is 59.0. The minimum absolute atomic E-state index is 0.112. The maximum absolute atomic E-state index is 14.8. The highest BCUT2D eigenvalue weighted by molar-refractivity contribution is 6.33. The van der Waals surface area contributed by atoms with Gasteiger partial charge in [-0.1, -0.05) is 17.7 Å². The van der Waals surface area contributed by atoms with Crippen LogP contribution in [0.15, 0.2) is 35.5 Å². The summed E-state index contributed by atoms with van der Waals surface area (Å²) >= 11 is 5.87. The molecule has 1 aliphatic rings. The van der Waals surface area contributed by atoms with E-state index in [0.717, 1.165) is 0 Å². The van der Waals surface area contributed by atoms with E-state index in [2.05, 4.69) is 9.98 Å². The van der Waals surface area contributed by atoms with Crippen LogP contribution in [0.25, 0.3) is 0 Å². The normalized spacial score (nSPS) is 21.1. The maximum Gasteiger partial charge on any atom is 0.417 e. The highest BCUT2D eigenvalue weighted by Gasteiger charge is 2.39. The van der Waals surface area contributed by atoms with Crippen molar-refractivity contribution in [3.63, 3.8) is 0 Å². The number of rotatable bonds is 4. The number of hydrogen-bond donors (Lipinski definition) is 1. The number of aromatic nitrogens is 1. The van der Waals surface area contributed by atoms with Gasteiger partial charge in [0.25, 0.3) is 0 Å². The number of carbonyl (C=O) groups is 1. The zero-order valence-corrected chi connectivity index (χ0v) is 18.4. The molecule has 1 aliphatic heterocycles. The van der Waals surface area contributed by atoms with Gasteiger partial charge in [-0.2, -0.15) is 13.2 Å². The van der Waals surface area contributed by atoms with E-state index in [1.54, 1.807) is 6.92 Å². The lowest BCUT2D eigenvalue weighted by molar-refractivity contribution is -0.137. The Labute approximate surface area is 187 Å². The number of nitrogens with zero attached hydrogens (tertiary/aromatic N) is 2. The lowest BCUT2D eigenvalue weighted by Gasteiger charge is -2.33. The summed E-state index contributed by atoms with van der Waals surface area (Å²) in [6.45, 7) is 5.54. The van der Waals surface area contributed by atoms with Gasteiger partial charge in [0.15, 0.2) is 5.78 Å². The molecule has 0 radical (unpaired) electrons. The third kappa shape index (κ3) is 5.27. The van der Waals surface area contributed by atoms with E-state index >= 15 is 0 Å². The van der Waals surface area contributed by atoms with Crippen LogP contribution in [0.5, 0.6) is 0 Å². The van der Waals surface area contributed by atoms with Gasteiger partial charge in [0.05, 0.1) is 21.7 Å². The van der Waals surface area contributed by atoms with Gasteiger partial charge >= 0.3 is 6.18 Å². The third-order valence-corrected chi connectivity index (χ3v) is 5.47. The number of amidine groups is 1. The van der Waals surface area contributed by atoms with Crippen LogP contribution < -0.4 is 5.73 Å². The van der Waals surface area contributed by atoms with E-state index in [9.17, 15) is 22.4 Å². The van der Waals surface area contributed by atoms with Crippen LogP contribution in [0.3, 0.4) is 0 Å². The molecule has 1 aromatic carbocycles. The van der Waals surface area contributed by atoms with Crippen molar-refractivity contribution in [2.24, 2.45) is 10.7 Å². The fourth-order valence-corrected chi connectivity index (χ4v) is 4.13. The molecule has 32 heavy (non-hydrogen) atoms. The van der Waals surface area contributed by atoms with E-state index < -0.39 is 39.5 Å². The van der Waals surface area contributed by atoms with E-state index in [-0.39, 0.29) is 30.1 Å². The quantitative estimate of drug-likeness (QED) is 0.497. The third-order valence-electron chi connectivity index (χ3n) is 5.18. The van der Waals surface area contributed by atoms with Gasteiger partial charge in [-0.15, -0.1) is 0 Å². The Hall–Kier alpha value is -2.52. The molecule has 0 amide bonds. The summed E-state index contributed by atoms with van der Waals surface area (Å²) in [6.07, 6.45) is -3.97. The molecule has 0 fully saturated rings. The summed E-state index contributed by atoms with van der Waals surface area (Å²) in [7, 11) is 0. The highest BCUT2D eigenvalue weighted by atomic mass is 35.5. The smallest absolute Gasteiger partial charge is 0.386 e. The summed E-state index contributed by atoms with van der Waals surface area (Å²) in [4.78, 5) is 20.7. The zero-order valence-electron chi connectivity index (χ0n) is 17.7. The van der Waals surface area contributed by atoms with Crippen LogP contribution in [-0.4, -0.2) is 28.8 Å². The Morgan fingerprint density at radius 3 is 2.56 bits per heavy atom. The number of nitrogens with two attached hydrogens (primary N) is 1. The predicted molar refractivity (Wildman–Crippen MR) is 112 cm³/mol. The fourth-order valence-electron chi connectivity index (χ4n) is 3.86. The van der Waals surface area contributed by atoms with Gasteiger partial charge in [-0.25, -0.2) is 4.39 Å². The van der Waals surface area contributed by atoms with E-state index in [0.29, 0.717) is 24.2 Å². The first kappa shape index (κ1) is 24.1. The van der Waals surface area contributed by atoms with Gasteiger partial charge in [0.2, 0.25) is 0 Å². The van der Waals surface area contributed by atoms with Gasteiger partial charge in [0, 0.05) is 24.6 Å². The van der Waals surface area contributed by atoms with Gasteiger partial charge < -0.3 is 10.5 Å². The molecule has 172 valence electrons. The molecule has 3 rings (SSSR count). The van der Waals surface area contributed by atoms with Crippen LogP contribution in [0.1, 0.15) is 54.4 Å². The van der Waals surface area contributed by atoms with Gasteiger partial charge in [-0.05, 0) is 44.5 Å². The van der Waals surface area contributed by atoms with Gasteiger partial charge in [0.1, 0.15) is 24.0 Å². The standard InChI is InChI=1S/C22H22ClF4N3O2/c1-20(2)11-21(3,30-18(28)10-32-20)14-6-12(4-5-16(14)24)7-17(31)19-15(23)8-13(9-29-19)22(25,26)27/h4-6,8-9H,7,10-11H2,1-3H3,(H2,28,30)/t21-/m0/s1. The average molecular weight is 472 g/mol. The van der Waals surface area contributed by atoms with Crippen LogP contribution in [-0.2, 0) is 22.9 Å². The SMILES string of the molecule is CC1(C)C[C@@](C)(c2cc(CC(=O)c3ncc(C(F)(F)F)cc3Cl)ccc2F)N=C(N)CO1. The largest absolute Gasteiger partial charge is 0.417 e. The lowest BCUT2D eigenvalue weighted by atomic mass is 9.81. The molecule has 2 N–H and O–H groups in total. The summed E-state index contributed by atoms with van der Waals surface area (Å²) in [5.74, 6) is -0.901. The Balaban J connectivity index is 1.93. The molecule has 0 aliphatic carbocycles. The van der Waals surface area contributed by atoms with Crippen LogP contribution >= 0.6 is 11.6 Å². The first-order chi connectivity index (χ1) is 14.7. The van der Waals surface area contributed by atoms with E-state index in [1.807, 2.05) is 13.8 Å². The van der Waals surface area contributed by atoms with Crippen LogP contribution in [0.2, 0.25) is 5.02 Å². The number of pyridine rings is 1. The predicted octanol–water partition coefficient (Wildman–Crippen LogP) is 5.09. The van der Waals surface area contributed by atoms with Crippen molar-refractivity contribution in [3.05, 3.63) is 63.7 Å². The Kier molecular flexibility index (Phi) is 6.36. The maximum atomic E-state index is 14.8. The van der Waals surface area contributed by atoms with E-state index in [1.165, 1.54) is 18.2 Å². The average Bonchev–Trinajstić information content (AvgIpc) is 2.77. The van der Waals surface area contributed by atoms with Gasteiger partial charge in [-0.3, -0.25) is 14.8 Å². The summed E-state index contributed by atoms with van der Waals surface area (Å²) in [5, 5.41) is -0.404. The Morgan fingerprint density at radius 1 is 1.25 bits per heavy atom. The second kappa shape index (κ2) is 8.44. The Bertz CT molecular complexity index is 1090. The first-order valence-electron chi connectivity index (χ1n) is 9.73. The number of ether oxygens (including phenoxy) is 1. The molecule has 0 saturated carbocycles. The molecule has 2 heterocycles. The number of Topliss-reactive ketones (excluding diaryl/α,β-unsaturated/α-hetero) is 1. The van der Waals surface area contributed by atoms with Crippen LogP contribution in [0, 0.1) is 5.82 Å². The van der Waals surface area contributed by atoms with Crippen molar-refractivity contribution in [2.45, 2.75) is 50.9 Å². The number of benzene rings is 1. The minimum Gasteiger partial charge on any atom is -0.386 e. The number of carbonyl (C=O) groups excluding carboxylic acids is 1. The Morgan fingerprint density at radius 2 is 1.94 bits per heavy atom. The van der Waals surface area contributed by atoms with Crippen molar-refractivity contribution in [3.8, 4) is 0 Å². The number of hydrogen-bond acceptors (Lipinski definition) is 5. The first-order valence-corrected chi connectivity index (χ1v) is 10.1. The number of alkyl halides is 3. The molecule has 0 bridgehead atoms. The summed E-state index contributed by atoms with van der Waals surface area (Å²) in [5.41, 5.74) is 3.57. The molecule has 1 aromatic heterocycles.